The third-order valence-electron chi connectivity index (χ3n) is 3.53. The van der Waals surface area contributed by atoms with Crippen LogP contribution >= 0.6 is 0 Å². The van der Waals surface area contributed by atoms with E-state index in [-0.39, 0.29) is 11.4 Å². The summed E-state index contributed by atoms with van der Waals surface area (Å²) in [6.45, 7) is 12.9. The van der Waals surface area contributed by atoms with Crippen molar-refractivity contribution in [2.24, 2.45) is 5.92 Å². The van der Waals surface area contributed by atoms with E-state index in [1.807, 2.05) is 0 Å². The van der Waals surface area contributed by atoms with E-state index in [0.717, 1.165) is 32.7 Å². The lowest BCUT2D eigenvalue weighted by atomic mass is 10.0. The SMILES string of the molecule is CC(C)CCC(=O)NCC(C)(C)N1CCOCC1. The lowest BCUT2D eigenvalue weighted by molar-refractivity contribution is -0.122. The van der Waals surface area contributed by atoms with Gasteiger partial charge in [0.1, 0.15) is 0 Å². The van der Waals surface area contributed by atoms with Crippen LogP contribution in [0.15, 0.2) is 0 Å². The molecular formula is C14H28N2O2. The molecule has 106 valence electrons. The molecule has 1 rings (SSSR count). The van der Waals surface area contributed by atoms with Gasteiger partial charge in [-0.2, -0.15) is 0 Å². The molecule has 1 aliphatic heterocycles. The first-order chi connectivity index (χ1) is 8.42. The van der Waals surface area contributed by atoms with Crippen LogP contribution in [-0.4, -0.2) is 49.2 Å². The van der Waals surface area contributed by atoms with Gasteiger partial charge in [-0.1, -0.05) is 13.8 Å². The molecule has 0 aromatic heterocycles. The Morgan fingerprint density at radius 3 is 2.50 bits per heavy atom. The number of nitrogens with one attached hydrogen (secondary N) is 1. The Morgan fingerprint density at radius 2 is 1.94 bits per heavy atom. The van der Waals surface area contributed by atoms with Crippen molar-refractivity contribution in [1.29, 1.82) is 0 Å². The van der Waals surface area contributed by atoms with Crippen LogP contribution in [0.5, 0.6) is 0 Å². The zero-order valence-corrected chi connectivity index (χ0v) is 12.3. The summed E-state index contributed by atoms with van der Waals surface area (Å²) in [6.07, 6.45) is 1.60. The van der Waals surface area contributed by atoms with Gasteiger partial charge in [0.05, 0.1) is 13.2 Å². The largest absolute Gasteiger partial charge is 0.379 e. The predicted molar refractivity (Wildman–Crippen MR) is 73.6 cm³/mol. The molecule has 18 heavy (non-hydrogen) atoms. The number of hydrogen-bond acceptors (Lipinski definition) is 3. The van der Waals surface area contributed by atoms with Gasteiger partial charge in [-0.3, -0.25) is 9.69 Å². The van der Waals surface area contributed by atoms with Crippen molar-refractivity contribution in [2.45, 2.75) is 46.1 Å². The van der Waals surface area contributed by atoms with Crippen molar-refractivity contribution in [2.75, 3.05) is 32.8 Å². The first-order valence-corrected chi connectivity index (χ1v) is 7.01. The molecular weight excluding hydrogens is 228 g/mol. The topological polar surface area (TPSA) is 41.6 Å². The molecule has 0 unspecified atom stereocenters. The number of nitrogens with zero attached hydrogens (tertiary/aromatic N) is 1. The minimum absolute atomic E-state index is 0.0112. The molecule has 1 N–H and O–H groups in total. The van der Waals surface area contributed by atoms with E-state index in [1.54, 1.807) is 0 Å². The van der Waals surface area contributed by atoms with Gasteiger partial charge in [-0.15, -0.1) is 0 Å². The zero-order valence-electron chi connectivity index (χ0n) is 12.3. The summed E-state index contributed by atoms with van der Waals surface area (Å²) in [7, 11) is 0. The Morgan fingerprint density at radius 1 is 1.33 bits per heavy atom. The average molecular weight is 256 g/mol. The summed E-state index contributed by atoms with van der Waals surface area (Å²) in [5.41, 5.74) is 0.0112. The number of morpholine rings is 1. The van der Waals surface area contributed by atoms with Crippen LogP contribution in [0.1, 0.15) is 40.5 Å². The smallest absolute Gasteiger partial charge is 0.220 e. The fourth-order valence-electron chi connectivity index (χ4n) is 2.10. The molecule has 4 nitrogen and oxygen atoms in total. The lowest BCUT2D eigenvalue weighted by Gasteiger charge is -2.40. The summed E-state index contributed by atoms with van der Waals surface area (Å²) in [4.78, 5) is 14.1. The molecule has 1 aliphatic rings. The minimum atomic E-state index is 0.0112. The fourth-order valence-corrected chi connectivity index (χ4v) is 2.10. The van der Waals surface area contributed by atoms with Crippen LogP contribution in [0, 0.1) is 5.92 Å². The van der Waals surface area contributed by atoms with Crippen LogP contribution in [0.4, 0.5) is 0 Å². The molecule has 0 aromatic rings. The van der Waals surface area contributed by atoms with E-state index < -0.39 is 0 Å². The molecule has 1 saturated heterocycles. The van der Waals surface area contributed by atoms with Crippen LogP contribution < -0.4 is 5.32 Å². The summed E-state index contributed by atoms with van der Waals surface area (Å²) < 4.78 is 5.36. The van der Waals surface area contributed by atoms with Crippen LogP contribution in [0.3, 0.4) is 0 Å². The molecule has 4 heteroatoms. The first-order valence-electron chi connectivity index (χ1n) is 7.01. The van der Waals surface area contributed by atoms with E-state index in [0.29, 0.717) is 18.9 Å². The van der Waals surface area contributed by atoms with Crippen molar-refractivity contribution in [3.05, 3.63) is 0 Å². The summed E-state index contributed by atoms with van der Waals surface area (Å²) in [6, 6.07) is 0. The molecule has 0 radical (unpaired) electrons. The number of carbonyl (C=O) groups excluding carboxylic acids is 1. The van der Waals surface area contributed by atoms with Crippen molar-refractivity contribution < 1.29 is 9.53 Å². The maximum Gasteiger partial charge on any atom is 0.220 e. The van der Waals surface area contributed by atoms with Crippen LogP contribution in [-0.2, 0) is 9.53 Å². The fraction of sp³-hybridized carbons (Fsp3) is 0.929. The number of ether oxygens (including phenoxy) is 1. The molecule has 0 saturated carbocycles. The van der Waals surface area contributed by atoms with E-state index in [2.05, 4.69) is 37.9 Å². The highest BCUT2D eigenvalue weighted by Crippen LogP contribution is 2.15. The normalized spacial score (nSPS) is 18.1. The first kappa shape index (κ1) is 15.4. The van der Waals surface area contributed by atoms with Crippen LogP contribution in [0.2, 0.25) is 0 Å². The highest BCUT2D eigenvalue weighted by molar-refractivity contribution is 5.75. The Balaban J connectivity index is 2.29. The van der Waals surface area contributed by atoms with E-state index in [1.165, 1.54) is 0 Å². The second kappa shape index (κ2) is 7.10. The Kier molecular flexibility index (Phi) is 6.09. The van der Waals surface area contributed by atoms with Gasteiger partial charge in [0.15, 0.2) is 0 Å². The van der Waals surface area contributed by atoms with Gasteiger partial charge in [-0.05, 0) is 26.2 Å². The van der Waals surface area contributed by atoms with Gasteiger partial charge < -0.3 is 10.1 Å². The van der Waals surface area contributed by atoms with Gasteiger partial charge in [0.25, 0.3) is 0 Å². The van der Waals surface area contributed by atoms with Crippen molar-refractivity contribution >= 4 is 5.91 Å². The quantitative estimate of drug-likeness (QED) is 0.785. The molecule has 1 fully saturated rings. The standard InChI is InChI=1S/C14H28N2O2/c1-12(2)5-6-13(17)15-11-14(3,4)16-7-9-18-10-8-16/h12H,5-11H2,1-4H3,(H,15,17). The Labute approximate surface area is 111 Å². The minimum Gasteiger partial charge on any atom is -0.379 e. The Hall–Kier alpha value is -0.610. The highest BCUT2D eigenvalue weighted by atomic mass is 16.5. The maximum absolute atomic E-state index is 11.7. The average Bonchev–Trinajstić information content (AvgIpc) is 2.35. The molecule has 0 aromatic carbocycles. The van der Waals surface area contributed by atoms with Crippen LogP contribution in [0.25, 0.3) is 0 Å². The summed E-state index contributed by atoms with van der Waals surface area (Å²) in [5, 5.41) is 3.05. The summed E-state index contributed by atoms with van der Waals surface area (Å²) >= 11 is 0. The van der Waals surface area contributed by atoms with Crippen molar-refractivity contribution in [1.82, 2.24) is 10.2 Å². The highest BCUT2D eigenvalue weighted by Gasteiger charge is 2.28. The zero-order chi connectivity index (χ0) is 13.6. The Bertz CT molecular complexity index is 259. The van der Waals surface area contributed by atoms with Gasteiger partial charge in [0.2, 0.25) is 5.91 Å². The van der Waals surface area contributed by atoms with Crippen molar-refractivity contribution in [3.8, 4) is 0 Å². The van der Waals surface area contributed by atoms with E-state index >= 15 is 0 Å². The third kappa shape index (κ3) is 5.36. The van der Waals surface area contributed by atoms with Gasteiger partial charge in [-0.25, -0.2) is 0 Å². The maximum atomic E-state index is 11.7. The number of amides is 1. The molecule has 0 aliphatic carbocycles. The number of carbonyl (C=O) groups is 1. The molecule has 1 amide bonds. The van der Waals surface area contributed by atoms with Gasteiger partial charge in [0, 0.05) is 31.6 Å². The summed E-state index contributed by atoms with van der Waals surface area (Å²) in [5.74, 6) is 0.757. The van der Waals surface area contributed by atoms with Crippen molar-refractivity contribution in [3.63, 3.8) is 0 Å². The molecule has 1 heterocycles. The molecule has 0 atom stereocenters. The van der Waals surface area contributed by atoms with E-state index in [9.17, 15) is 4.79 Å². The lowest BCUT2D eigenvalue weighted by Crippen LogP contribution is -2.55. The molecule has 0 spiro atoms. The second-order valence-electron chi connectivity index (χ2n) is 6.12. The predicted octanol–water partition coefficient (Wildman–Crippen LogP) is 1.65. The van der Waals surface area contributed by atoms with E-state index in [4.69, 9.17) is 4.74 Å². The second-order valence-corrected chi connectivity index (χ2v) is 6.12. The van der Waals surface area contributed by atoms with Gasteiger partial charge >= 0.3 is 0 Å². The number of rotatable bonds is 6. The number of hydrogen-bond donors (Lipinski definition) is 1. The monoisotopic (exact) mass is 256 g/mol. The third-order valence-corrected chi connectivity index (χ3v) is 3.53. The molecule has 0 bridgehead atoms.